The first kappa shape index (κ1) is 15.0. The van der Waals surface area contributed by atoms with Crippen LogP contribution in [-0.2, 0) is 14.4 Å². The van der Waals surface area contributed by atoms with E-state index in [1.54, 1.807) is 30.3 Å². The number of carbonyl (C=O) groups excluding carboxylic acids is 3. The van der Waals surface area contributed by atoms with Crippen LogP contribution in [0.15, 0.2) is 23.1 Å². The first-order valence-corrected chi connectivity index (χ1v) is 6.41. The topological polar surface area (TPSA) is 67.3 Å². The number of aromatic nitrogens is 1. The van der Waals surface area contributed by atoms with Gasteiger partial charge in [0.05, 0.1) is 10.7 Å². The molecule has 1 amide bonds. The molecule has 1 aliphatic rings. The summed E-state index contributed by atoms with van der Waals surface area (Å²) < 4.78 is 0. The Morgan fingerprint density at radius 3 is 2.53 bits per heavy atom. The van der Waals surface area contributed by atoms with Crippen molar-refractivity contribution >= 4 is 29.0 Å². The summed E-state index contributed by atoms with van der Waals surface area (Å²) in [5, 5.41) is 3.08. The summed E-state index contributed by atoms with van der Waals surface area (Å²) in [4.78, 5) is 34.0. The molecule has 0 saturated heterocycles. The second-order valence-electron chi connectivity index (χ2n) is 4.07. The number of thiazole rings is 1. The molecule has 100 valence electrons. The molecule has 1 aromatic heterocycles. The summed E-state index contributed by atoms with van der Waals surface area (Å²) in [5.41, 5.74) is 2.88. The SMILES string of the molecule is Cc1nc(C2=CCC(C(=O)N(C)C)=C2)cs1.O=C=O. The Morgan fingerprint density at radius 2 is 2.05 bits per heavy atom. The van der Waals surface area contributed by atoms with Crippen LogP contribution in [0.4, 0.5) is 0 Å². The molecule has 1 heterocycles. The third kappa shape index (κ3) is 3.98. The Hall–Kier alpha value is -2.04. The van der Waals surface area contributed by atoms with Gasteiger partial charge in [-0.15, -0.1) is 11.3 Å². The lowest BCUT2D eigenvalue weighted by Crippen LogP contribution is -2.22. The van der Waals surface area contributed by atoms with Crippen LogP contribution in [0.3, 0.4) is 0 Å². The number of rotatable bonds is 2. The number of hydrogen-bond acceptors (Lipinski definition) is 5. The van der Waals surface area contributed by atoms with E-state index in [2.05, 4.69) is 11.1 Å². The highest BCUT2D eigenvalue weighted by molar-refractivity contribution is 7.09. The molecular weight excluding hydrogens is 264 g/mol. The lowest BCUT2D eigenvalue weighted by Gasteiger charge is -2.09. The molecule has 0 aromatic carbocycles. The average Bonchev–Trinajstić information content (AvgIpc) is 2.97. The Kier molecular flexibility index (Phi) is 5.36. The predicted octanol–water partition coefficient (Wildman–Crippen LogP) is 1.67. The number of carbonyl (C=O) groups is 1. The molecule has 6 heteroatoms. The summed E-state index contributed by atoms with van der Waals surface area (Å²) in [6.45, 7) is 1.99. The van der Waals surface area contributed by atoms with Gasteiger partial charge in [-0.1, -0.05) is 6.08 Å². The third-order valence-electron chi connectivity index (χ3n) is 2.47. The zero-order valence-electron chi connectivity index (χ0n) is 11.0. The summed E-state index contributed by atoms with van der Waals surface area (Å²) in [6.07, 6.45) is 4.96. The molecule has 0 spiro atoms. The highest BCUT2D eigenvalue weighted by Crippen LogP contribution is 2.27. The highest BCUT2D eigenvalue weighted by atomic mass is 32.1. The van der Waals surface area contributed by atoms with E-state index in [1.807, 2.05) is 18.4 Å². The molecule has 0 radical (unpaired) electrons. The molecule has 0 atom stereocenters. The molecule has 0 fully saturated rings. The lowest BCUT2D eigenvalue weighted by atomic mass is 10.2. The molecule has 0 bridgehead atoms. The molecule has 5 nitrogen and oxygen atoms in total. The van der Waals surface area contributed by atoms with Gasteiger partial charge in [-0.3, -0.25) is 4.79 Å². The van der Waals surface area contributed by atoms with E-state index < -0.39 is 0 Å². The van der Waals surface area contributed by atoms with Crippen LogP contribution < -0.4 is 0 Å². The highest BCUT2D eigenvalue weighted by Gasteiger charge is 2.17. The van der Waals surface area contributed by atoms with E-state index in [9.17, 15) is 4.79 Å². The molecule has 0 aliphatic heterocycles. The van der Waals surface area contributed by atoms with Gasteiger partial charge in [-0.2, -0.15) is 9.59 Å². The normalized spacial score (nSPS) is 12.8. The van der Waals surface area contributed by atoms with Crippen molar-refractivity contribution in [1.82, 2.24) is 9.88 Å². The van der Waals surface area contributed by atoms with Crippen LogP contribution in [0.25, 0.3) is 5.57 Å². The van der Waals surface area contributed by atoms with Gasteiger partial charge < -0.3 is 4.90 Å². The van der Waals surface area contributed by atoms with Crippen LogP contribution in [0, 0.1) is 6.92 Å². The van der Waals surface area contributed by atoms with Crippen molar-refractivity contribution in [2.45, 2.75) is 13.3 Å². The first-order valence-electron chi connectivity index (χ1n) is 5.53. The van der Waals surface area contributed by atoms with E-state index in [0.717, 1.165) is 21.8 Å². The Morgan fingerprint density at radius 1 is 1.42 bits per heavy atom. The van der Waals surface area contributed by atoms with Crippen LogP contribution >= 0.6 is 11.3 Å². The van der Waals surface area contributed by atoms with Gasteiger partial charge in [-0.25, -0.2) is 4.98 Å². The fourth-order valence-electron chi connectivity index (χ4n) is 1.64. The van der Waals surface area contributed by atoms with E-state index in [4.69, 9.17) is 9.59 Å². The lowest BCUT2D eigenvalue weighted by molar-refractivity contribution is -0.191. The standard InChI is InChI=1S/C12H14N2OS.CO2/c1-8-13-11(7-16-8)9-4-5-10(6-9)12(15)14(2)3;2-1-3/h4,6-7H,5H2,1-3H3;. The summed E-state index contributed by atoms with van der Waals surface area (Å²) in [7, 11) is 3.54. The minimum Gasteiger partial charge on any atom is -0.345 e. The first-order chi connectivity index (χ1) is 8.99. The van der Waals surface area contributed by atoms with Gasteiger partial charge in [0.1, 0.15) is 0 Å². The quantitative estimate of drug-likeness (QED) is 0.825. The maximum atomic E-state index is 11.7. The number of hydrogen-bond donors (Lipinski definition) is 0. The Bertz CT molecular complexity index is 564. The van der Waals surface area contributed by atoms with Gasteiger partial charge >= 0.3 is 6.15 Å². The van der Waals surface area contributed by atoms with E-state index in [0.29, 0.717) is 6.42 Å². The molecule has 0 saturated carbocycles. The van der Waals surface area contributed by atoms with Crippen molar-refractivity contribution < 1.29 is 14.4 Å². The zero-order chi connectivity index (χ0) is 14.4. The largest absolute Gasteiger partial charge is 0.373 e. The number of amides is 1. The number of aryl methyl sites for hydroxylation is 1. The fraction of sp³-hybridized carbons (Fsp3) is 0.308. The van der Waals surface area contributed by atoms with E-state index in [-0.39, 0.29) is 12.1 Å². The molecule has 19 heavy (non-hydrogen) atoms. The molecule has 0 unspecified atom stereocenters. The molecule has 1 aliphatic carbocycles. The fourth-order valence-corrected chi connectivity index (χ4v) is 2.26. The van der Waals surface area contributed by atoms with Gasteiger partial charge in [0.25, 0.3) is 0 Å². The van der Waals surface area contributed by atoms with Crippen molar-refractivity contribution in [3.63, 3.8) is 0 Å². The molecule has 1 aromatic rings. The van der Waals surface area contributed by atoms with E-state index >= 15 is 0 Å². The predicted molar refractivity (Wildman–Crippen MR) is 71.2 cm³/mol. The van der Waals surface area contributed by atoms with Crippen molar-refractivity contribution in [1.29, 1.82) is 0 Å². The van der Waals surface area contributed by atoms with Crippen molar-refractivity contribution in [3.05, 3.63) is 33.8 Å². The van der Waals surface area contributed by atoms with Gasteiger partial charge in [0, 0.05) is 25.0 Å². The Balaban J connectivity index is 0.000000550. The zero-order valence-corrected chi connectivity index (χ0v) is 11.8. The molecule has 2 rings (SSSR count). The summed E-state index contributed by atoms with van der Waals surface area (Å²) in [5.74, 6) is 0.0817. The molecule has 0 N–H and O–H groups in total. The van der Waals surface area contributed by atoms with Gasteiger partial charge in [0.2, 0.25) is 5.91 Å². The van der Waals surface area contributed by atoms with Crippen LogP contribution in [0.2, 0.25) is 0 Å². The van der Waals surface area contributed by atoms with Gasteiger partial charge in [0.15, 0.2) is 0 Å². The second kappa shape index (κ2) is 6.78. The van der Waals surface area contributed by atoms with Crippen molar-refractivity contribution in [2.75, 3.05) is 14.1 Å². The van der Waals surface area contributed by atoms with Gasteiger partial charge in [-0.05, 0) is 25.0 Å². The van der Waals surface area contributed by atoms with Crippen LogP contribution in [-0.4, -0.2) is 36.0 Å². The van der Waals surface area contributed by atoms with Crippen LogP contribution in [0.1, 0.15) is 17.1 Å². The van der Waals surface area contributed by atoms with Crippen LogP contribution in [0.5, 0.6) is 0 Å². The number of allylic oxidation sites excluding steroid dienone is 3. The van der Waals surface area contributed by atoms with Crippen molar-refractivity contribution in [3.8, 4) is 0 Å². The summed E-state index contributed by atoms with van der Waals surface area (Å²) >= 11 is 1.63. The maximum absolute atomic E-state index is 11.7. The Labute approximate surface area is 115 Å². The second-order valence-corrected chi connectivity index (χ2v) is 5.13. The summed E-state index contributed by atoms with van der Waals surface area (Å²) in [6, 6.07) is 0. The smallest absolute Gasteiger partial charge is 0.345 e. The number of likely N-dealkylation sites (N-methyl/N-ethyl adjacent to an activating group) is 1. The third-order valence-corrected chi connectivity index (χ3v) is 3.24. The van der Waals surface area contributed by atoms with Crippen molar-refractivity contribution in [2.24, 2.45) is 0 Å². The molecular formula is C13H14N2O3S. The minimum absolute atomic E-state index is 0.0817. The number of nitrogens with zero attached hydrogens (tertiary/aromatic N) is 2. The monoisotopic (exact) mass is 278 g/mol. The maximum Gasteiger partial charge on any atom is 0.373 e. The average molecular weight is 278 g/mol. The minimum atomic E-state index is 0.0817. The van der Waals surface area contributed by atoms with E-state index in [1.165, 1.54) is 0 Å².